The average Bonchev–Trinajstić information content (AvgIpc) is 2.39. The summed E-state index contributed by atoms with van der Waals surface area (Å²) in [5, 5.41) is 6.01. The summed E-state index contributed by atoms with van der Waals surface area (Å²) >= 11 is 0. The van der Waals surface area contributed by atoms with Gasteiger partial charge in [0.1, 0.15) is 15.7 Å². The number of guanidine groups is 1. The molecule has 0 radical (unpaired) electrons. The van der Waals surface area contributed by atoms with Gasteiger partial charge in [-0.05, 0) is 31.0 Å². The molecule has 2 N–H and O–H groups in total. The van der Waals surface area contributed by atoms with Crippen molar-refractivity contribution in [3.05, 3.63) is 35.1 Å². The van der Waals surface area contributed by atoms with Crippen molar-refractivity contribution in [1.82, 2.24) is 10.6 Å². The highest BCUT2D eigenvalue weighted by molar-refractivity contribution is 14.0. The second-order valence-corrected chi connectivity index (χ2v) is 7.26. The zero-order valence-corrected chi connectivity index (χ0v) is 16.3. The number of hydrogen-bond acceptors (Lipinski definition) is 3. The van der Waals surface area contributed by atoms with Gasteiger partial charge in [-0.15, -0.1) is 24.0 Å². The lowest BCUT2D eigenvalue weighted by atomic mass is 10.1. The first-order chi connectivity index (χ1) is 9.73. The van der Waals surface area contributed by atoms with Crippen LogP contribution in [0.25, 0.3) is 0 Å². The molecule has 1 atom stereocenters. The van der Waals surface area contributed by atoms with Crippen LogP contribution in [0.5, 0.6) is 0 Å². The van der Waals surface area contributed by atoms with Gasteiger partial charge in [-0.3, -0.25) is 4.99 Å². The molecule has 0 amide bonds. The molecule has 8 heteroatoms. The van der Waals surface area contributed by atoms with Crippen molar-refractivity contribution in [2.75, 3.05) is 25.6 Å². The zero-order chi connectivity index (χ0) is 16.0. The maximum atomic E-state index is 13.6. The standard InChI is InChI=1S/C14H22FN3O2S.HI/c1-10-5-6-12(9-13(10)15)11(2)18-14(16-3)17-7-8-21(4,19)20;/h5-6,9,11H,7-8H2,1-4H3,(H2,16,17,18);1H. The minimum Gasteiger partial charge on any atom is -0.355 e. The fraction of sp³-hybridized carbons (Fsp3) is 0.500. The maximum absolute atomic E-state index is 13.6. The number of sulfone groups is 1. The van der Waals surface area contributed by atoms with Gasteiger partial charge in [-0.1, -0.05) is 12.1 Å². The van der Waals surface area contributed by atoms with Crippen LogP contribution in [-0.4, -0.2) is 40.0 Å². The molecule has 0 saturated heterocycles. The summed E-state index contributed by atoms with van der Waals surface area (Å²) < 4.78 is 35.7. The van der Waals surface area contributed by atoms with E-state index in [9.17, 15) is 12.8 Å². The van der Waals surface area contributed by atoms with E-state index in [4.69, 9.17) is 0 Å². The number of halogens is 2. The molecule has 0 aromatic heterocycles. The van der Waals surface area contributed by atoms with Crippen LogP contribution >= 0.6 is 24.0 Å². The number of aryl methyl sites for hydroxylation is 1. The normalized spacial score (nSPS) is 13.2. The molecule has 0 heterocycles. The fourth-order valence-electron chi connectivity index (χ4n) is 1.72. The highest BCUT2D eigenvalue weighted by Gasteiger charge is 2.10. The average molecular weight is 443 g/mol. The Morgan fingerprint density at radius 2 is 2.05 bits per heavy atom. The molecule has 0 spiro atoms. The number of aliphatic imine (C=N–C) groups is 1. The second kappa shape index (κ2) is 9.29. The topological polar surface area (TPSA) is 70.6 Å². The number of benzene rings is 1. The number of nitrogens with zero attached hydrogens (tertiary/aromatic N) is 1. The molecule has 0 bridgehead atoms. The van der Waals surface area contributed by atoms with Crippen LogP contribution in [0.1, 0.15) is 24.1 Å². The van der Waals surface area contributed by atoms with Crippen LogP contribution in [-0.2, 0) is 9.84 Å². The Morgan fingerprint density at radius 3 is 2.55 bits per heavy atom. The van der Waals surface area contributed by atoms with E-state index in [1.807, 2.05) is 13.0 Å². The van der Waals surface area contributed by atoms with Crippen LogP contribution < -0.4 is 10.6 Å². The summed E-state index contributed by atoms with van der Waals surface area (Å²) in [5.74, 6) is 0.259. The van der Waals surface area contributed by atoms with Gasteiger partial charge in [0.2, 0.25) is 0 Å². The van der Waals surface area contributed by atoms with E-state index < -0.39 is 9.84 Å². The van der Waals surface area contributed by atoms with Gasteiger partial charge in [-0.2, -0.15) is 0 Å². The van der Waals surface area contributed by atoms with Gasteiger partial charge in [0.05, 0.1) is 11.8 Å². The molecule has 5 nitrogen and oxygen atoms in total. The number of nitrogens with one attached hydrogen (secondary N) is 2. The fourth-order valence-corrected chi connectivity index (χ4v) is 2.19. The summed E-state index contributed by atoms with van der Waals surface area (Å²) in [6.07, 6.45) is 1.18. The Morgan fingerprint density at radius 1 is 1.41 bits per heavy atom. The molecule has 22 heavy (non-hydrogen) atoms. The van der Waals surface area contributed by atoms with E-state index in [1.54, 1.807) is 20.0 Å². The lowest BCUT2D eigenvalue weighted by Crippen LogP contribution is -2.40. The van der Waals surface area contributed by atoms with Gasteiger partial charge in [-0.25, -0.2) is 12.8 Å². The predicted octanol–water partition coefficient (Wildman–Crippen LogP) is 2.02. The molecule has 1 aromatic carbocycles. The second-order valence-electron chi connectivity index (χ2n) is 5.00. The Balaban J connectivity index is 0.00000441. The molecule has 126 valence electrons. The van der Waals surface area contributed by atoms with Crippen LogP contribution in [0.2, 0.25) is 0 Å². The molecule has 0 aliphatic heterocycles. The SMILES string of the molecule is CN=C(NCCS(C)(=O)=O)NC(C)c1ccc(C)c(F)c1.I. The molecule has 0 fully saturated rings. The zero-order valence-electron chi connectivity index (χ0n) is 13.2. The third-order valence-corrected chi connectivity index (χ3v) is 3.98. The van der Waals surface area contributed by atoms with Crippen LogP contribution in [0.4, 0.5) is 4.39 Å². The molecule has 0 aliphatic carbocycles. The Bertz CT molecular complexity index is 621. The monoisotopic (exact) mass is 443 g/mol. The first-order valence-corrected chi connectivity index (χ1v) is 8.70. The van der Waals surface area contributed by atoms with E-state index in [0.29, 0.717) is 11.5 Å². The number of hydrogen-bond donors (Lipinski definition) is 2. The minimum absolute atomic E-state index is 0. The Kier molecular flexibility index (Phi) is 8.91. The lowest BCUT2D eigenvalue weighted by molar-refractivity contribution is 0.599. The summed E-state index contributed by atoms with van der Waals surface area (Å²) in [6, 6.07) is 4.91. The van der Waals surface area contributed by atoms with Crippen molar-refractivity contribution in [1.29, 1.82) is 0 Å². The predicted molar refractivity (Wildman–Crippen MR) is 99.2 cm³/mol. The molecular weight excluding hydrogens is 420 g/mol. The van der Waals surface area contributed by atoms with Crippen LogP contribution in [0.3, 0.4) is 0 Å². The smallest absolute Gasteiger partial charge is 0.191 e. The van der Waals surface area contributed by atoms with Crippen molar-refractivity contribution < 1.29 is 12.8 Å². The highest BCUT2D eigenvalue weighted by Crippen LogP contribution is 2.16. The van der Waals surface area contributed by atoms with Gasteiger partial charge in [0, 0.05) is 19.8 Å². The third kappa shape index (κ3) is 7.39. The number of rotatable bonds is 5. The summed E-state index contributed by atoms with van der Waals surface area (Å²) in [6.45, 7) is 3.86. The van der Waals surface area contributed by atoms with Crippen LogP contribution in [0, 0.1) is 12.7 Å². The first kappa shape index (κ1) is 21.1. The van der Waals surface area contributed by atoms with E-state index in [2.05, 4.69) is 15.6 Å². The summed E-state index contributed by atoms with van der Waals surface area (Å²) in [7, 11) is -1.42. The third-order valence-electron chi connectivity index (χ3n) is 3.04. The van der Waals surface area contributed by atoms with Gasteiger partial charge in [0.15, 0.2) is 5.96 Å². The van der Waals surface area contributed by atoms with Crippen molar-refractivity contribution in [3.8, 4) is 0 Å². The van der Waals surface area contributed by atoms with E-state index >= 15 is 0 Å². The van der Waals surface area contributed by atoms with Crippen molar-refractivity contribution in [2.24, 2.45) is 4.99 Å². The lowest BCUT2D eigenvalue weighted by Gasteiger charge is -2.18. The van der Waals surface area contributed by atoms with Gasteiger partial charge < -0.3 is 10.6 Å². The van der Waals surface area contributed by atoms with E-state index in [-0.39, 0.29) is 48.1 Å². The molecule has 1 rings (SSSR count). The quantitative estimate of drug-likeness (QED) is 0.415. The Hall–Kier alpha value is -0.900. The van der Waals surface area contributed by atoms with Crippen molar-refractivity contribution in [3.63, 3.8) is 0 Å². The highest BCUT2D eigenvalue weighted by atomic mass is 127. The summed E-state index contributed by atoms with van der Waals surface area (Å²) in [5.41, 5.74) is 1.39. The Labute approximate surface area is 148 Å². The van der Waals surface area contributed by atoms with Crippen molar-refractivity contribution in [2.45, 2.75) is 19.9 Å². The van der Waals surface area contributed by atoms with Gasteiger partial charge >= 0.3 is 0 Å². The van der Waals surface area contributed by atoms with Gasteiger partial charge in [0.25, 0.3) is 0 Å². The summed E-state index contributed by atoms with van der Waals surface area (Å²) in [4.78, 5) is 4.02. The molecule has 1 unspecified atom stereocenters. The molecular formula is C14H23FIN3O2S. The molecule has 1 aromatic rings. The van der Waals surface area contributed by atoms with Crippen molar-refractivity contribution >= 4 is 39.8 Å². The van der Waals surface area contributed by atoms with E-state index in [1.165, 1.54) is 12.3 Å². The maximum Gasteiger partial charge on any atom is 0.191 e. The first-order valence-electron chi connectivity index (χ1n) is 6.64. The molecule has 0 aliphatic rings. The minimum atomic E-state index is -3.01. The van der Waals surface area contributed by atoms with E-state index in [0.717, 1.165) is 5.56 Å². The largest absolute Gasteiger partial charge is 0.355 e. The molecule has 0 saturated carbocycles. The van der Waals surface area contributed by atoms with Crippen LogP contribution in [0.15, 0.2) is 23.2 Å².